The molecule has 2 aliphatic rings. The third kappa shape index (κ3) is 3.69. The number of hydrogen-bond donors (Lipinski definition) is 1. The number of carbonyl (C=O) groups is 1. The van der Waals surface area contributed by atoms with E-state index in [0.717, 1.165) is 26.2 Å². The van der Waals surface area contributed by atoms with Gasteiger partial charge in [0.2, 0.25) is 5.91 Å². The lowest BCUT2D eigenvalue weighted by Gasteiger charge is -2.34. The van der Waals surface area contributed by atoms with E-state index in [1.165, 1.54) is 38.5 Å². The van der Waals surface area contributed by atoms with Gasteiger partial charge in [0.25, 0.3) is 0 Å². The maximum Gasteiger partial charge on any atom is 0.236 e. The minimum atomic E-state index is 0.323. The summed E-state index contributed by atoms with van der Waals surface area (Å²) in [5.41, 5.74) is 5.87. The lowest BCUT2D eigenvalue weighted by Crippen LogP contribution is -2.47. The molecule has 19 heavy (non-hydrogen) atoms. The van der Waals surface area contributed by atoms with Crippen LogP contribution in [0.2, 0.25) is 0 Å². The number of nitrogens with two attached hydrogens (primary N) is 1. The quantitative estimate of drug-likeness (QED) is 0.820. The fourth-order valence-corrected chi connectivity index (χ4v) is 3.65. The molecule has 0 aromatic heterocycles. The number of amides is 1. The van der Waals surface area contributed by atoms with E-state index in [4.69, 9.17) is 5.73 Å². The van der Waals surface area contributed by atoms with Crippen molar-refractivity contribution in [3.63, 3.8) is 0 Å². The second-order valence-electron chi connectivity index (χ2n) is 6.00. The number of rotatable bonds is 5. The first-order valence-corrected chi connectivity index (χ1v) is 7.98. The van der Waals surface area contributed by atoms with E-state index < -0.39 is 0 Å². The maximum atomic E-state index is 12.4. The van der Waals surface area contributed by atoms with Gasteiger partial charge in [-0.1, -0.05) is 13.3 Å². The molecule has 2 rings (SSSR count). The number of carbonyl (C=O) groups excluding carboxylic acids is 1. The molecule has 110 valence electrons. The SMILES string of the molecule is CCN(CC(=O)N1CCCCC1)C1CCCC1CN. The van der Waals surface area contributed by atoms with Crippen LogP contribution in [0.1, 0.15) is 45.4 Å². The summed E-state index contributed by atoms with van der Waals surface area (Å²) in [6, 6.07) is 0.531. The molecule has 1 heterocycles. The molecule has 0 bridgehead atoms. The Morgan fingerprint density at radius 1 is 1.21 bits per heavy atom. The van der Waals surface area contributed by atoms with E-state index in [-0.39, 0.29) is 0 Å². The smallest absolute Gasteiger partial charge is 0.236 e. The van der Waals surface area contributed by atoms with Gasteiger partial charge in [-0.2, -0.15) is 0 Å². The normalized spacial score (nSPS) is 28.1. The largest absolute Gasteiger partial charge is 0.342 e. The number of likely N-dealkylation sites (tertiary alicyclic amines) is 1. The summed E-state index contributed by atoms with van der Waals surface area (Å²) in [5.74, 6) is 0.915. The van der Waals surface area contributed by atoms with E-state index in [2.05, 4.69) is 16.7 Å². The highest BCUT2D eigenvalue weighted by Gasteiger charge is 2.32. The molecule has 2 fully saturated rings. The van der Waals surface area contributed by atoms with Crippen LogP contribution < -0.4 is 5.73 Å². The number of piperidine rings is 1. The molecule has 2 N–H and O–H groups in total. The molecule has 2 atom stereocenters. The van der Waals surface area contributed by atoms with Crippen molar-refractivity contribution in [1.29, 1.82) is 0 Å². The van der Waals surface area contributed by atoms with Crippen molar-refractivity contribution in [3.05, 3.63) is 0 Å². The number of nitrogens with zero attached hydrogens (tertiary/aromatic N) is 2. The monoisotopic (exact) mass is 267 g/mol. The van der Waals surface area contributed by atoms with E-state index in [1.54, 1.807) is 0 Å². The van der Waals surface area contributed by atoms with Gasteiger partial charge in [0, 0.05) is 19.1 Å². The average Bonchev–Trinajstić information content (AvgIpc) is 2.93. The highest BCUT2D eigenvalue weighted by atomic mass is 16.2. The van der Waals surface area contributed by atoms with Crippen LogP contribution in [0.3, 0.4) is 0 Å². The molecule has 0 radical (unpaired) electrons. The zero-order chi connectivity index (χ0) is 13.7. The van der Waals surface area contributed by atoms with Crippen LogP contribution in [0.25, 0.3) is 0 Å². The van der Waals surface area contributed by atoms with Gasteiger partial charge in [0.15, 0.2) is 0 Å². The van der Waals surface area contributed by atoms with Crippen molar-refractivity contribution >= 4 is 5.91 Å². The van der Waals surface area contributed by atoms with Gasteiger partial charge in [-0.25, -0.2) is 0 Å². The van der Waals surface area contributed by atoms with E-state index in [1.807, 2.05) is 0 Å². The fraction of sp³-hybridized carbons (Fsp3) is 0.933. The summed E-state index contributed by atoms with van der Waals surface area (Å²) in [4.78, 5) is 16.8. The number of hydrogen-bond acceptors (Lipinski definition) is 3. The first-order valence-electron chi connectivity index (χ1n) is 7.98. The molecule has 4 nitrogen and oxygen atoms in total. The zero-order valence-corrected chi connectivity index (χ0v) is 12.3. The summed E-state index contributed by atoms with van der Waals surface area (Å²) in [6.07, 6.45) is 7.33. The third-order valence-corrected chi connectivity index (χ3v) is 4.84. The van der Waals surface area contributed by atoms with Crippen LogP contribution >= 0.6 is 0 Å². The van der Waals surface area contributed by atoms with Crippen LogP contribution in [0, 0.1) is 5.92 Å². The summed E-state index contributed by atoms with van der Waals surface area (Å²) in [5, 5.41) is 0. The van der Waals surface area contributed by atoms with Gasteiger partial charge >= 0.3 is 0 Å². The topological polar surface area (TPSA) is 49.6 Å². The Labute approximate surface area is 117 Å². The Bertz CT molecular complexity index is 289. The zero-order valence-electron chi connectivity index (χ0n) is 12.3. The minimum Gasteiger partial charge on any atom is -0.342 e. The minimum absolute atomic E-state index is 0.323. The second-order valence-corrected chi connectivity index (χ2v) is 6.00. The average molecular weight is 267 g/mol. The Hall–Kier alpha value is -0.610. The van der Waals surface area contributed by atoms with Gasteiger partial charge in [-0.05, 0) is 51.1 Å². The Balaban J connectivity index is 1.88. The molecule has 0 aromatic rings. The van der Waals surface area contributed by atoms with E-state index in [9.17, 15) is 4.79 Å². The highest BCUT2D eigenvalue weighted by Crippen LogP contribution is 2.29. The van der Waals surface area contributed by atoms with Crippen LogP contribution in [0.15, 0.2) is 0 Å². The summed E-state index contributed by atoms with van der Waals surface area (Å²) < 4.78 is 0. The van der Waals surface area contributed by atoms with Gasteiger partial charge in [0.05, 0.1) is 6.54 Å². The van der Waals surface area contributed by atoms with Crippen LogP contribution in [0.4, 0.5) is 0 Å². The van der Waals surface area contributed by atoms with Crippen LogP contribution in [-0.2, 0) is 4.79 Å². The highest BCUT2D eigenvalue weighted by molar-refractivity contribution is 5.78. The molecule has 1 amide bonds. The fourth-order valence-electron chi connectivity index (χ4n) is 3.65. The third-order valence-electron chi connectivity index (χ3n) is 4.84. The molecule has 1 saturated carbocycles. The molecule has 1 saturated heterocycles. The molecule has 4 heteroatoms. The molecule has 0 aromatic carbocycles. The lowest BCUT2D eigenvalue weighted by molar-refractivity contribution is -0.134. The van der Waals surface area contributed by atoms with Crippen LogP contribution in [-0.4, -0.2) is 54.5 Å². The van der Waals surface area contributed by atoms with Gasteiger partial charge in [0.1, 0.15) is 0 Å². The van der Waals surface area contributed by atoms with Crippen molar-refractivity contribution in [2.75, 3.05) is 32.7 Å². The van der Waals surface area contributed by atoms with Gasteiger partial charge in [-0.3, -0.25) is 9.69 Å². The lowest BCUT2D eigenvalue weighted by atomic mass is 10.0. The summed E-state index contributed by atoms with van der Waals surface area (Å²) in [7, 11) is 0. The molecule has 1 aliphatic heterocycles. The van der Waals surface area contributed by atoms with Crippen molar-refractivity contribution in [3.8, 4) is 0 Å². The van der Waals surface area contributed by atoms with Crippen molar-refractivity contribution in [2.45, 2.75) is 51.5 Å². The van der Waals surface area contributed by atoms with Crippen LogP contribution in [0.5, 0.6) is 0 Å². The predicted molar refractivity (Wildman–Crippen MR) is 77.9 cm³/mol. The maximum absolute atomic E-state index is 12.4. The molecule has 1 aliphatic carbocycles. The summed E-state index contributed by atoms with van der Waals surface area (Å²) >= 11 is 0. The molecular formula is C15H29N3O. The predicted octanol–water partition coefficient (Wildman–Crippen LogP) is 1.45. The Kier molecular flexibility index (Phi) is 5.64. The van der Waals surface area contributed by atoms with Crippen molar-refractivity contribution in [1.82, 2.24) is 9.80 Å². The number of likely N-dealkylation sites (N-methyl/N-ethyl adjacent to an activating group) is 1. The molecule has 0 spiro atoms. The van der Waals surface area contributed by atoms with E-state index in [0.29, 0.717) is 24.4 Å². The Morgan fingerprint density at radius 3 is 2.58 bits per heavy atom. The van der Waals surface area contributed by atoms with Gasteiger partial charge in [-0.15, -0.1) is 0 Å². The summed E-state index contributed by atoms with van der Waals surface area (Å²) in [6.45, 7) is 6.40. The van der Waals surface area contributed by atoms with Crippen molar-refractivity contribution < 1.29 is 4.79 Å². The molecule has 2 unspecified atom stereocenters. The van der Waals surface area contributed by atoms with Gasteiger partial charge < -0.3 is 10.6 Å². The Morgan fingerprint density at radius 2 is 1.95 bits per heavy atom. The first-order chi connectivity index (χ1) is 9.26. The second kappa shape index (κ2) is 7.25. The van der Waals surface area contributed by atoms with E-state index >= 15 is 0 Å². The standard InChI is InChI=1S/C15H29N3O/c1-2-17(14-8-6-7-13(14)11-16)12-15(19)18-9-4-3-5-10-18/h13-14H,2-12,16H2,1H3. The first kappa shape index (κ1) is 14.8. The molecular weight excluding hydrogens is 238 g/mol. The van der Waals surface area contributed by atoms with Crippen molar-refractivity contribution in [2.24, 2.45) is 11.7 Å².